The third-order valence-corrected chi connectivity index (χ3v) is 5.35. The van der Waals surface area contributed by atoms with Crippen molar-refractivity contribution in [2.45, 2.75) is 30.7 Å². The first-order valence-corrected chi connectivity index (χ1v) is 9.62. The molecule has 5 atom stereocenters. The minimum Gasteiger partial charge on any atom is -0.507 e. The number of aromatic hydroxyl groups is 1. The number of aliphatic hydroxyl groups excluding tert-OH is 4. The standard InChI is InChI=1S/C21H22O11/c1-28-8-5-9(23)14-12(6-8)30-20-11(29-2)4-3-10(15(20)17(14)25)31-21-19(27)18(26)16(24)13(7-22)32-21/h3-6,13,16,18-19,21-24,26-27H,7H2,1-2H3/t13-,16-,18-,19-,21-/m0/s1. The fraction of sp³-hybridized carbons (Fsp3) is 0.381. The van der Waals surface area contributed by atoms with Crippen molar-refractivity contribution in [1.29, 1.82) is 0 Å². The number of ether oxygens (including phenoxy) is 4. The SMILES string of the molecule is COc1cc(O)c2c(=O)c3c(O[C@H]4O[C@@H](CO)[C@H](O)[C@H](O)[C@@H]4O)ccc(OC)c3oc2c1. The Hall–Kier alpha value is -3.09. The van der Waals surface area contributed by atoms with E-state index in [0.717, 1.165) is 0 Å². The Balaban J connectivity index is 1.89. The van der Waals surface area contributed by atoms with Gasteiger partial charge < -0.3 is 48.9 Å². The molecule has 1 saturated heterocycles. The summed E-state index contributed by atoms with van der Waals surface area (Å²) >= 11 is 0. The van der Waals surface area contributed by atoms with E-state index in [1.807, 2.05) is 0 Å². The molecule has 4 rings (SSSR count). The monoisotopic (exact) mass is 450 g/mol. The minimum absolute atomic E-state index is 0.000237. The summed E-state index contributed by atoms with van der Waals surface area (Å²) in [7, 11) is 2.77. The average molecular weight is 450 g/mol. The fourth-order valence-corrected chi connectivity index (χ4v) is 3.65. The number of methoxy groups -OCH3 is 2. The zero-order valence-corrected chi connectivity index (χ0v) is 17.1. The highest BCUT2D eigenvalue weighted by molar-refractivity contribution is 5.98. The molecule has 0 bridgehead atoms. The zero-order valence-electron chi connectivity index (χ0n) is 17.1. The predicted molar refractivity (Wildman–Crippen MR) is 109 cm³/mol. The van der Waals surface area contributed by atoms with Gasteiger partial charge in [-0.2, -0.15) is 0 Å². The second-order valence-electron chi connectivity index (χ2n) is 7.24. The summed E-state index contributed by atoms with van der Waals surface area (Å²) in [6.07, 6.45) is -7.64. The highest BCUT2D eigenvalue weighted by Gasteiger charge is 2.45. The molecule has 3 aromatic rings. The fourth-order valence-electron chi connectivity index (χ4n) is 3.65. The van der Waals surface area contributed by atoms with Crippen molar-refractivity contribution in [1.82, 2.24) is 0 Å². The van der Waals surface area contributed by atoms with Crippen LogP contribution in [-0.4, -0.2) is 77.1 Å². The van der Waals surface area contributed by atoms with Gasteiger partial charge in [-0.15, -0.1) is 0 Å². The van der Waals surface area contributed by atoms with E-state index >= 15 is 0 Å². The number of hydrogen-bond donors (Lipinski definition) is 5. The van der Waals surface area contributed by atoms with Gasteiger partial charge in [0.25, 0.3) is 0 Å². The minimum atomic E-state index is -1.69. The summed E-state index contributed by atoms with van der Waals surface area (Å²) in [5.41, 5.74) is -0.609. The molecule has 172 valence electrons. The van der Waals surface area contributed by atoms with Crippen LogP contribution in [0.15, 0.2) is 33.5 Å². The van der Waals surface area contributed by atoms with Crippen LogP contribution in [0, 0.1) is 0 Å². The number of phenols is 1. The van der Waals surface area contributed by atoms with Gasteiger partial charge in [0.1, 0.15) is 58.0 Å². The first kappa shape index (κ1) is 22.1. The Bertz CT molecular complexity index is 1200. The number of hydrogen-bond acceptors (Lipinski definition) is 11. The lowest BCUT2D eigenvalue weighted by molar-refractivity contribution is -0.277. The van der Waals surface area contributed by atoms with E-state index in [1.165, 1.54) is 38.5 Å². The van der Waals surface area contributed by atoms with E-state index in [0.29, 0.717) is 0 Å². The zero-order chi connectivity index (χ0) is 23.2. The van der Waals surface area contributed by atoms with Crippen LogP contribution in [-0.2, 0) is 4.74 Å². The second-order valence-corrected chi connectivity index (χ2v) is 7.24. The highest BCUT2D eigenvalue weighted by Crippen LogP contribution is 2.38. The number of phenolic OH excluding ortho intramolecular Hbond substituents is 1. The number of rotatable bonds is 5. The van der Waals surface area contributed by atoms with Crippen molar-refractivity contribution in [3.05, 3.63) is 34.5 Å². The molecular formula is C21H22O11. The third kappa shape index (κ3) is 3.49. The molecule has 0 radical (unpaired) electrons. The summed E-state index contributed by atoms with van der Waals surface area (Å²) in [6.45, 7) is -0.642. The number of benzene rings is 2. The van der Waals surface area contributed by atoms with E-state index < -0.39 is 42.7 Å². The Morgan fingerprint density at radius 1 is 0.969 bits per heavy atom. The molecule has 0 aliphatic carbocycles. The van der Waals surface area contributed by atoms with Gasteiger partial charge in [0, 0.05) is 12.1 Å². The average Bonchev–Trinajstić information content (AvgIpc) is 2.78. The van der Waals surface area contributed by atoms with Crippen LogP contribution in [0.3, 0.4) is 0 Å². The molecule has 1 aliphatic rings. The van der Waals surface area contributed by atoms with Crippen molar-refractivity contribution >= 4 is 21.9 Å². The van der Waals surface area contributed by atoms with Gasteiger partial charge in [0.05, 0.1) is 20.8 Å². The molecule has 2 heterocycles. The smallest absolute Gasteiger partial charge is 0.229 e. The second kappa shape index (κ2) is 8.45. The molecule has 11 heteroatoms. The molecule has 1 aromatic heterocycles. The van der Waals surface area contributed by atoms with Crippen LogP contribution < -0.4 is 19.6 Å². The highest BCUT2D eigenvalue weighted by atomic mass is 16.7. The molecule has 0 amide bonds. The summed E-state index contributed by atoms with van der Waals surface area (Å²) in [5.74, 6) is -0.0136. The Kier molecular flexibility index (Phi) is 5.84. The van der Waals surface area contributed by atoms with Crippen molar-refractivity contribution in [2.24, 2.45) is 0 Å². The first-order valence-electron chi connectivity index (χ1n) is 9.62. The van der Waals surface area contributed by atoms with Crippen molar-refractivity contribution < 1.29 is 48.9 Å². The molecular weight excluding hydrogens is 428 g/mol. The van der Waals surface area contributed by atoms with Crippen LogP contribution >= 0.6 is 0 Å². The van der Waals surface area contributed by atoms with Crippen LogP contribution in [0.1, 0.15) is 0 Å². The van der Waals surface area contributed by atoms with Crippen molar-refractivity contribution in [3.8, 4) is 23.0 Å². The summed E-state index contributed by atoms with van der Waals surface area (Å²) in [4.78, 5) is 13.3. The largest absolute Gasteiger partial charge is 0.507 e. The quantitative estimate of drug-likeness (QED) is 0.328. The number of fused-ring (bicyclic) bond motifs is 2. The van der Waals surface area contributed by atoms with Crippen LogP contribution in [0.4, 0.5) is 0 Å². The maximum absolute atomic E-state index is 13.3. The van der Waals surface area contributed by atoms with Gasteiger partial charge in [-0.1, -0.05) is 0 Å². The van der Waals surface area contributed by atoms with Crippen LogP contribution in [0.5, 0.6) is 23.0 Å². The molecule has 1 fully saturated rings. The van der Waals surface area contributed by atoms with E-state index in [1.54, 1.807) is 0 Å². The van der Waals surface area contributed by atoms with Crippen molar-refractivity contribution in [2.75, 3.05) is 20.8 Å². The maximum Gasteiger partial charge on any atom is 0.229 e. The third-order valence-electron chi connectivity index (χ3n) is 5.35. The molecule has 0 saturated carbocycles. The molecule has 32 heavy (non-hydrogen) atoms. The predicted octanol–water partition coefficient (Wildman–Crippen LogP) is -0.152. The summed E-state index contributed by atoms with van der Waals surface area (Å²) < 4.78 is 27.2. The lowest BCUT2D eigenvalue weighted by Crippen LogP contribution is -2.60. The van der Waals surface area contributed by atoms with Gasteiger partial charge in [-0.05, 0) is 12.1 Å². The maximum atomic E-state index is 13.3. The first-order chi connectivity index (χ1) is 15.3. The molecule has 0 unspecified atom stereocenters. The summed E-state index contributed by atoms with van der Waals surface area (Å²) in [6, 6.07) is 5.51. The van der Waals surface area contributed by atoms with Gasteiger partial charge in [0.15, 0.2) is 11.3 Å². The van der Waals surface area contributed by atoms with Gasteiger partial charge in [-0.3, -0.25) is 4.79 Å². The lowest BCUT2D eigenvalue weighted by atomic mass is 9.99. The van der Waals surface area contributed by atoms with E-state index in [-0.39, 0.29) is 44.9 Å². The van der Waals surface area contributed by atoms with Crippen molar-refractivity contribution in [3.63, 3.8) is 0 Å². The van der Waals surface area contributed by atoms with Gasteiger partial charge in [0.2, 0.25) is 11.7 Å². The Labute approximate surface area is 180 Å². The van der Waals surface area contributed by atoms with Crippen LogP contribution in [0.25, 0.3) is 21.9 Å². The van der Waals surface area contributed by atoms with E-state index in [2.05, 4.69) is 0 Å². The van der Waals surface area contributed by atoms with Gasteiger partial charge >= 0.3 is 0 Å². The molecule has 5 N–H and O–H groups in total. The van der Waals surface area contributed by atoms with E-state index in [9.17, 15) is 30.3 Å². The summed E-state index contributed by atoms with van der Waals surface area (Å²) in [5, 5.41) is 49.7. The Morgan fingerprint density at radius 3 is 2.34 bits per heavy atom. The van der Waals surface area contributed by atoms with Crippen LogP contribution in [0.2, 0.25) is 0 Å². The lowest BCUT2D eigenvalue weighted by Gasteiger charge is -2.39. The normalized spacial score (nSPS) is 25.8. The molecule has 2 aromatic carbocycles. The molecule has 1 aliphatic heterocycles. The van der Waals surface area contributed by atoms with E-state index in [4.69, 9.17) is 23.4 Å². The number of aliphatic hydroxyl groups is 4. The van der Waals surface area contributed by atoms with Gasteiger partial charge in [-0.25, -0.2) is 0 Å². The molecule has 11 nitrogen and oxygen atoms in total. The topological polar surface area (TPSA) is 168 Å². The molecule has 0 spiro atoms. The Morgan fingerprint density at radius 2 is 1.69 bits per heavy atom.